The van der Waals surface area contributed by atoms with Crippen molar-refractivity contribution >= 4 is 47.2 Å². The molecule has 0 amide bonds. The average Bonchev–Trinajstić information content (AvgIpc) is 2.74. The zero-order chi connectivity index (χ0) is 20.6. The SMILES string of the molecule is CCCN1CCC(NC(=NC)NCc2c(Cl)cccc2N2CCN(C)CC2)CC1.I. The van der Waals surface area contributed by atoms with Gasteiger partial charge >= 0.3 is 0 Å². The number of rotatable bonds is 6. The number of hydrogen-bond acceptors (Lipinski definition) is 4. The lowest BCUT2D eigenvalue weighted by atomic mass is 10.1. The van der Waals surface area contributed by atoms with Crippen molar-refractivity contribution < 1.29 is 0 Å². The number of benzene rings is 1. The molecule has 0 radical (unpaired) electrons. The molecule has 170 valence electrons. The Balaban J connectivity index is 0.00000320. The molecule has 1 aromatic rings. The molecule has 0 spiro atoms. The molecular weight excluding hydrogens is 511 g/mol. The maximum atomic E-state index is 6.60. The highest BCUT2D eigenvalue weighted by molar-refractivity contribution is 14.0. The minimum absolute atomic E-state index is 0. The Hall–Kier alpha value is -0.770. The van der Waals surface area contributed by atoms with Crippen LogP contribution in [0.25, 0.3) is 0 Å². The molecule has 2 fully saturated rings. The second-order valence-corrected chi connectivity index (χ2v) is 8.62. The van der Waals surface area contributed by atoms with Crippen LogP contribution >= 0.6 is 35.6 Å². The summed E-state index contributed by atoms with van der Waals surface area (Å²) < 4.78 is 0. The molecule has 6 nitrogen and oxygen atoms in total. The van der Waals surface area contributed by atoms with Crippen LogP contribution in [0.2, 0.25) is 5.02 Å². The van der Waals surface area contributed by atoms with Crippen LogP contribution in [0.15, 0.2) is 23.2 Å². The monoisotopic (exact) mass is 548 g/mol. The molecule has 3 rings (SSSR count). The van der Waals surface area contributed by atoms with Gasteiger partial charge < -0.3 is 25.3 Å². The number of nitrogens with zero attached hydrogens (tertiary/aromatic N) is 4. The van der Waals surface area contributed by atoms with Gasteiger partial charge in [0.25, 0.3) is 0 Å². The van der Waals surface area contributed by atoms with Crippen molar-refractivity contribution in [2.24, 2.45) is 4.99 Å². The van der Waals surface area contributed by atoms with Gasteiger partial charge in [-0.25, -0.2) is 0 Å². The van der Waals surface area contributed by atoms with Crippen molar-refractivity contribution in [3.63, 3.8) is 0 Å². The summed E-state index contributed by atoms with van der Waals surface area (Å²) in [7, 11) is 4.02. The van der Waals surface area contributed by atoms with Gasteiger partial charge in [-0.2, -0.15) is 0 Å². The first kappa shape index (κ1) is 25.5. The van der Waals surface area contributed by atoms with Gasteiger partial charge in [0, 0.05) is 75.2 Å². The summed E-state index contributed by atoms with van der Waals surface area (Å²) in [6.45, 7) is 10.7. The van der Waals surface area contributed by atoms with Crippen LogP contribution in [0.1, 0.15) is 31.7 Å². The van der Waals surface area contributed by atoms with E-state index in [0.29, 0.717) is 12.6 Å². The minimum Gasteiger partial charge on any atom is -0.369 e. The summed E-state index contributed by atoms with van der Waals surface area (Å²) in [6, 6.07) is 6.71. The van der Waals surface area contributed by atoms with Crippen molar-refractivity contribution in [1.29, 1.82) is 0 Å². The number of piperidine rings is 1. The highest BCUT2D eigenvalue weighted by Crippen LogP contribution is 2.28. The molecule has 2 heterocycles. The number of hydrogen-bond donors (Lipinski definition) is 2. The van der Waals surface area contributed by atoms with Gasteiger partial charge in [-0.15, -0.1) is 24.0 Å². The normalized spacial score (nSPS) is 19.5. The van der Waals surface area contributed by atoms with E-state index >= 15 is 0 Å². The first-order chi connectivity index (χ1) is 14.1. The van der Waals surface area contributed by atoms with Crippen LogP contribution in [0, 0.1) is 0 Å². The summed E-state index contributed by atoms with van der Waals surface area (Å²) in [5.74, 6) is 0.864. The fourth-order valence-corrected chi connectivity index (χ4v) is 4.48. The van der Waals surface area contributed by atoms with Crippen LogP contribution < -0.4 is 15.5 Å². The molecule has 0 aromatic heterocycles. The van der Waals surface area contributed by atoms with Crippen LogP contribution in [0.3, 0.4) is 0 Å². The molecule has 30 heavy (non-hydrogen) atoms. The van der Waals surface area contributed by atoms with Gasteiger partial charge in [0.05, 0.1) is 0 Å². The second-order valence-electron chi connectivity index (χ2n) is 8.21. The Morgan fingerprint density at radius 1 is 1.13 bits per heavy atom. The Bertz CT molecular complexity index is 670. The average molecular weight is 549 g/mol. The topological polar surface area (TPSA) is 46.1 Å². The maximum absolute atomic E-state index is 6.60. The predicted molar refractivity (Wildman–Crippen MR) is 140 cm³/mol. The summed E-state index contributed by atoms with van der Waals surface area (Å²) >= 11 is 6.60. The molecule has 2 N–H and O–H groups in total. The molecule has 0 bridgehead atoms. The highest BCUT2D eigenvalue weighted by Gasteiger charge is 2.21. The number of likely N-dealkylation sites (tertiary alicyclic amines) is 1. The van der Waals surface area contributed by atoms with Crippen molar-refractivity contribution in [3.05, 3.63) is 28.8 Å². The molecule has 2 aliphatic rings. The number of likely N-dealkylation sites (N-methyl/N-ethyl adjacent to an activating group) is 1. The Morgan fingerprint density at radius 2 is 1.83 bits per heavy atom. The zero-order valence-corrected chi connectivity index (χ0v) is 21.7. The van der Waals surface area contributed by atoms with E-state index in [9.17, 15) is 0 Å². The molecule has 2 aliphatic heterocycles. The smallest absolute Gasteiger partial charge is 0.191 e. The fraction of sp³-hybridized carbons (Fsp3) is 0.682. The number of anilines is 1. The third kappa shape index (κ3) is 7.14. The number of guanidine groups is 1. The van der Waals surface area contributed by atoms with Crippen molar-refractivity contribution in [3.8, 4) is 0 Å². The van der Waals surface area contributed by atoms with Gasteiger partial charge in [-0.1, -0.05) is 24.6 Å². The standard InChI is InChI=1S/C22H37ClN6.HI/c1-4-10-28-11-8-18(9-12-28)26-22(24-2)25-17-19-20(23)6-5-7-21(19)29-15-13-27(3)14-16-29;/h5-7,18H,4,8-17H2,1-3H3,(H2,24,25,26);1H. The summed E-state index contributed by atoms with van der Waals surface area (Å²) in [6.07, 6.45) is 3.56. The number of halogens is 2. The molecular formula is C22H38ClIN6. The van der Waals surface area contributed by atoms with E-state index in [2.05, 4.69) is 56.4 Å². The van der Waals surface area contributed by atoms with E-state index in [4.69, 9.17) is 11.6 Å². The van der Waals surface area contributed by atoms with Crippen molar-refractivity contribution in [1.82, 2.24) is 20.4 Å². The molecule has 8 heteroatoms. The van der Waals surface area contributed by atoms with Crippen LogP contribution in [-0.4, -0.2) is 81.7 Å². The minimum atomic E-state index is 0. The maximum Gasteiger partial charge on any atom is 0.191 e. The number of piperazine rings is 1. The fourth-order valence-electron chi connectivity index (χ4n) is 4.24. The van der Waals surface area contributed by atoms with Gasteiger partial charge in [0.15, 0.2) is 5.96 Å². The summed E-state index contributed by atoms with van der Waals surface area (Å²) in [5.41, 5.74) is 2.39. The number of aliphatic imine (C=N–C) groups is 1. The third-order valence-corrected chi connectivity index (χ3v) is 6.42. The highest BCUT2D eigenvalue weighted by atomic mass is 127. The van der Waals surface area contributed by atoms with Crippen molar-refractivity contribution in [2.75, 3.05) is 64.8 Å². The number of nitrogens with one attached hydrogen (secondary N) is 2. The van der Waals surface area contributed by atoms with E-state index in [0.717, 1.165) is 42.7 Å². The van der Waals surface area contributed by atoms with Gasteiger partial charge in [0.1, 0.15) is 0 Å². The first-order valence-corrected chi connectivity index (χ1v) is 11.4. The molecule has 0 aliphatic carbocycles. The Labute approximate surface area is 204 Å². The van der Waals surface area contributed by atoms with E-state index < -0.39 is 0 Å². The molecule has 0 unspecified atom stereocenters. The van der Waals surface area contributed by atoms with E-state index in [1.54, 1.807) is 0 Å². The largest absolute Gasteiger partial charge is 0.369 e. The first-order valence-electron chi connectivity index (χ1n) is 11.0. The quantitative estimate of drug-likeness (QED) is 0.325. The van der Waals surface area contributed by atoms with Crippen LogP contribution in [0.4, 0.5) is 5.69 Å². The van der Waals surface area contributed by atoms with Crippen molar-refractivity contribution in [2.45, 2.75) is 38.8 Å². The lowest BCUT2D eigenvalue weighted by molar-refractivity contribution is 0.206. The molecule has 1 aromatic carbocycles. The molecule has 2 saturated heterocycles. The van der Waals surface area contributed by atoms with E-state index in [1.807, 2.05) is 13.1 Å². The van der Waals surface area contributed by atoms with E-state index in [1.165, 1.54) is 44.6 Å². The molecule has 0 saturated carbocycles. The third-order valence-electron chi connectivity index (χ3n) is 6.06. The Morgan fingerprint density at radius 3 is 2.47 bits per heavy atom. The summed E-state index contributed by atoms with van der Waals surface area (Å²) in [5, 5.41) is 7.93. The lowest BCUT2D eigenvalue weighted by Crippen LogP contribution is -2.48. The zero-order valence-electron chi connectivity index (χ0n) is 18.7. The van der Waals surface area contributed by atoms with Gasteiger partial charge in [-0.05, 0) is 45.0 Å². The van der Waals surface area contributed by atoms with Crippen LogP contribution in [0.5, 0.6) is 0 Å². The lowest BCUT2D eigenvalue weighted by Gasteiger charge is -2.35. The second kappa shape index (κ2) is 12.9. The van der Waals surface area contributed by atoms with Gasteiger partial charge in [-0.3, -0.25) is 4.99 Å². The van der Waals surface area contributed by atoms with E-state index in [-0.39, 0.29) is 24.0 Å². The van der Waals surface area contributed by atoms with Crippen LogP contribution in [-0.2, 0) is 6.54 Å². The predicted octanol–water partition coefficient (Wildman–Crippen LogP) is 3.25. The summed E-state index contributed by atoms with van der Waals surface area (Å²) in [4.78, 5) is 11.8. The van der Waals surface area contributed by atoms with Gasteiger partial charge in [0.2, 0.25) is 0 Å². The molecule has 0 atom stereocenters. The Kier molecular flexibility index (Phi) is 11.0.